The molecule has 0 aliphatic heterocycles. The molecule has 2 aromatic rings. The molecule has 18 heavy (non-hydrogen) atoms. The van der Waals surface area contributed by atoms with Gasteiger partial charge in [0.05, 0.1) is 6.61 Å². The molecule has 0 aromatic heterocycles. The summed E-state index contributed by atoms with van der Waals surface area (Å²) in [4.78, 5) is 0. The quantitative estimate of drug-likeness (QED) is 0.878. The van der Waals surface area contributed by atoms with E-state index in [-0.39, 0.29) is 6.61 Å². The number of aliphatic hydroxyl groups is 1. The summed E-state index contributed by atoms with van der Waals surface area (Å²) in [7, 11) is 0. The van der Waals surface area contributed by atoms with Crippen LogP contribution >= 0.6 is 0 Å². The van der Waals surface area contributed by atoms with Crippen LogP contribution in [0.25, 0.3) is 0 Å². The van der Waals surface area contributed by atoms with E-state index in [1.54, 1.807) is 0 Å². The molecule has 0 saturated heterocycles. The van der Waals surface area contributed by atoms with Crippen molar-refractivity contribution in [1.82, 2.24) is 0 Å². The minimum absolute atomic E-state index is 0.0154. The normalized spacial score (nSPS) is 10.1. The molecule has 94 valence electrons. The number of hydrogen-bond donors (Lipinski definition) is 1. The number of benzene rings is 2. The van der Waals surface area contributed by atoms with E-state index in [4.69, 9.17) is 14.6 Å². The number of ether oxygens (including phenoxy) is 2. The zero-order chi connectivity index (χ0) is 12.8. The van der Waals surface area contributed by atoms with Gasteiger partial charge < -0.3 is 14.6 Å². The zero-order valence-electron chi connectivity index (χ0n) is 10.3. The molecule has 0 aliphatic rings. The number of hydrogen-bond acceptors (Lipinski definition) is 3. The van der Waals surface area contributed by atoms with Gasteiger partial charge in [-0.05, 0) is 48.9 Å². The predicted octanol–water partition coefficient (Wildman–Crippen LogP) is 3.16. The van der Waals surface area contributed by atoms with Crippen molar-refractivity contribution in [2.75, 3.05) is 13.2 Å². The maximum absolute atomic E-state index is 8.65. The Labute approximate surface area is 107 Å². The van der Waals surface area contributed by atoms with Gasteiger partial charge in [-0.2, -0.15) is 0 Å². The highest BCUT2D eigenvalue weighted by Crippen LogP contribution is 2.24. The smallest absolute Gasteiger partial charge is 0.127 e. The van der Waals surface area contributed by atoms with Crippen LogP contribution in [0.3, 0.4) is 0 Å². The first kappa shape index (κ1) is 12.5. The highest BCUT2D eigenvalue weighted by atomic mass is 16.5. The summed E-state index contributed by atoms with van der Waals surface area (Å²) in [6.07, 6.45) is 0. The molecule has 3 heteroatoms. The van der Waals surface area contributed by atoms with Crippen molar-refractivity contribution in [2.45, 2.75) is 6.92 Å². The molecule has 0 fully saturated rings. The Bertz CT molecular complexity index is 491. The third kappa shape index (κ3) is 3.50. The van der Waals surface area contributed by atoms with Gasteiger partial charge in [-0.1, -0.05) is 12.1 Å². The van der Waals surface area contributed by atoms with E-state index >= 15 is 0 Å². The van der Waals surface area contributed by atoms with Gasteiger partial charge >= 0.3 is 0 Å². The average molecular weight is 244 g/mol. The van der Waals surface area contributed by atoms with Gasteiger partial charge in [-0.3, -0.25) is 0 Å². The summed E-state index contributed by atoms with van der Waals surface area (Å²) in [6.45, 7) is 2.35. The van der Waals surface area contributed by atoms with E-state index in [0.717, 1.165) is 22.8 Å². The monoisotopic (exact) mass is 244 g/mol. The van der Waals surface area contributed by atoms with Crippen molar-refractivity contribution in [3.63, 3.8) is 0 Å². The Hall–Kier alpha value is -2.00. The van der Waals surface area contributed by atoms with E-state index in [2.05, 4.69) is 0 Å². The molecular weight excluding hydrogens is 228 g/mol. The van der Waals surface area contributed by atoms with Crippen molar-refractivity contribution >= 4 is 0 Å². The Morgan fingerprint density at radius 3 is 2.33 bits per heavy atom. The van der Waals surface area contributed by atoms with Crippen molar-refractivity contribution in [1.29, 1.82) is 0 Å². The lowest BCUT2D eigenvalue weighted by Gasteiger charge is -2.08. The van der Waals surface area contributed by atoms with Crippen LogP contribution in [0.2, 0.25) is 0 Å². The molecule has 0 amide bonds. The molecule has 1 N–H and O–H groups in total. The van der Waals surface area contributed by atoms with Crippen LogP contribution in [0.15, 0.2) is 48.5 Å². The fourth-order valence-electron chi connectivity index (χ4n) is 1.58. The molecule has 0 saturated carbocycles. The molecule has 3 nitrogen and oxygen atoms in total. The summed E-state index contributed by atoms with van der Waals surface area (Å²) in [5.41, 5.74) is 1.16. The van der Waals surface area contributed by atoms with E-state index in [1.807, 2.05) is 55.5 Å². The Morgan fingerprint density at radius 1 is 0.944 bits per heavy atom. The molecule has 0 radical (unpaired) electrons. The van der Waals surface area contributed by atoms with Crippen molar-refractivity contribution in [3.8, 4) is 17.2 Å². The van der Waals surface area contributed by atoms with Crippen molar-refractivity contribution in [3.05, 3.63) is 54.1 Å². The van der Waals surface area contributed by atoms with Gasteiger partial charge in [-0.15, -0.1) is 0 Å². The molecule has 2 aromatic carbocycles. The fourth-order valence-corrected chi connectivity index (χ4v) is 1.58. The molecule has 0 heterocycles. The van der Waals surface area contributed by atoms with Crippen LogP contribution in [-0.2, 0) is 0 Å². The predicted molar refractivity (Wildman–Crippen MR) is 70.3 cm³/mol. The number of aliphatic hydroxyl groups excluding tert-OH is 1. The number of rotatable bonds is 5. The van der Waals surface area contributed by atoms with Gasteiger partial charge in [0.25, 0.3) is 0 Å². The van der Waals surface area contributed by atoms with E-state index in [9.17, 15) is 0 Å². The molecule has 0 atom stereocenters. The summed E-state index contributed by atoms with van der Waals surface area (Å²) < 4.78 is 11.0. The Morgan fingerprint density at radius 2 is 1.67 bits per heavy atom. The van der Waals surface area contributed by atoms with Gasteiger partial charge in [0.1, 0.15) is 23.9 Å². The zero-order valence-corrected chi connectivity index (χ0v) is 10.3. The largest absolute Gasteiger partial charge is 0.491 e. The first-order valence-electron chi connectivity index (χ1n) is 5.86. The van der Waals surface area contributed by atoms with E-state index in [0.29, 0.717) is 6.61 Å². The van der Waals surface area contributed by atoms with Crippen LogP contribution in [0.4, 0.5) is 0 Å². The maximum atomic E-state index is 8.65. The molecule has 0 aliphatic carbocycles. The first-order valence-corrected chi connectivity index (χ1v) is 5.86. The lowest BCUT2D eigenvalue weighted by molar-refractivity contribution is 0.201. The van der Waals surface area contributed by atoms with E-state index < -0.39 is 0 Å². The minimum Gasteiger partial charge on any atom is -0.491 e. The maximum Gasteiger partial charge on any atom is 0.127 e. The summed E-state index contributed by atoms with van der Waals surface area (Å²) >= 11 is 0. The minimum atomic E-state index is 0.0154. The average Bonchev–Trinajstić information content (AvgIpc) is 2.38. The van der Waals surface area contributed by atoms with Crippen LogP contribution < -0.4 is 9.47 Å². The second-order valence-corrected chi connectivity index (χ2v) is 3.96. The van der Waals surface area contributed by atoms with Gasteiger partial charge in [-0.25, -0.2) is 0 Å². The highest BCUT2D eigenvalue weighted by Gasteiger charge is 1.98. The van der Waals surface area contributed by atoms with Crippen LogP contribution in [0.5, 0.6) is 17.2 Å². The summed E-state index contributed by atoms with van der Waals surface area (Å²) in [6, 6.07) is 15.2. The van der Waals surface area contributed by atoms with Crippen molar-refractivity contribution in [2.24, 2.45) is 0 Å². The number of aryl methyl sites for hydroxylation is 1. The Balaban J connectivity index is 2.02. The Kier molecular flexibility index (Phi) is 4.20. The SMILES string of the molecule is Cc1cccc(Oc2ccc(OCCO)cc2)c1. The molecule has 0 unspecified atom stereocenters. The van der Waals surface area contributed by atoms with Crippen LogP contribution in [0.1, 0.15) is 5.56 Å². The van der Waals surface area contributed by atoms with Gasteiger partial charge in [0.15, 0.2) is 0 Å². The van der Waals surface area contributed by atoms with Crippen molar-refractivity contribution < 1.29 is 14.6 Å². The van der Waals surface area contributed by atoms with Gasteiger partial charge in [0, 0.05) is 0 Å². The third-order valence-electron chi connectivity index (χ3n) is 2.41. The third-order valence-corrected chi connectivity index (χ3v) is 2.41. The second kappa shape index (κ2) is 6.07. The van der Waals surface area contributed by atoms with E-state index in [1.165, 1.54) is 0 Å². The molecule has 0 spiro atoms. The lowest BCUT2D eigenvalue weighted by Crippen LogP contribution is -2.01. The lowest BCUT2D eigenvalue weighted by atomic mass is 10.2. The fraction of sp³-hybridized carbons (Fsp3) is 0.200. The van der Waals surface area contributed by atoms with Crippen LogP contribution in [-0.4, -0.2) is 18.3 Å². The highest BCUT2D eigenvalue weighted by molar-refractivity contribution is 5.36. The topological polar surface area (TPSA) is 38.7 Å². The summed E-state index contributed by atoms with van der Waals surface area (Å²) in [5.74, 6) is 2.30. The first-order chi connectivity index (χ1) is 8.78. The molecular formula is C15H16O3. The van der Waals surface area contributed by atoms with Crippen LogP contribution in [0, 0.1) is 6.92 Å². The molecule has 2 rings (SSSR count). The standard InChI is InChI=1S/C15H16O3/c1-12-3-2-4-15(11-12)18-14-7-5-13(6-8-14)17-10-9-16/h2-8,11,16H,9-10H2,1H3. The summed E-state index contributed by atoms with van der Waals surface area (Å²) in [5, 5.41) is 8.65. The van der Waals surface area contributed by atoms with Gasteiger partial charge in [0.2, 0.25) is 0 Å². The second-order valence-electron chi connectivity index (χ2n) is 3.96. The molecule has 0 bridgehead atoms.